The number of amides is 2. The van der Waals surface area contributed by atoms with E-state index in [0.717, 1.165) is 11.1 Å². The molecule has 0 saturated carbocycles. The number of hydrogen-bond acceptors (Lipinski definition) is 6. The number of ether oxygens (including phenoxy) is 2. The molecule has 10 heteroatoms. The number of aryl methyl sites for hydroxylation is 1. The molecule has 0 spiro atoms. The summed E-state index contributed by atoms with van der Waals surface area (Å²) in [6.07, 6.45) is 1.41. The lowest BCUT2D eigenvalue weighted by molar-refractivity contribution is -0.132. The predicted octanol–water partition coefficient (Wildman–Crippen LogP) is 2.91. The van der Waals surface area contributed by atoms with Gasteiger partial charge in [0.2, 0.25) is 21.8 Å². The number of nitrogens with zero attached hydrogens (tertiary/aromatic N) is 1. The summed E-state index contributed by atoms with van der Waals surface area (Å²) in [5.74, 6) is 0.351. The van der Waals surface area contributed by atoms with Gasteiger partial charge in [0.1, 0.15) is 6.04 Å². The first-order valence-electron chi connectivity index (χ1n) is 12.9. The number of sulfonamides is 1. The van der Waals surface area contributed by atoms with Gasteiger partial charge in [0.25, 0.3) is 0 Å². The zero-order valence-corrected chi connectivity index (χ0v) is 23.6. The zero-order valence-electron chi connectivity index (χ0n) is 22.8. The zero-order chi connectivity index (χ0) is 27.9. The lowest BCUT2D eigenvalue weighted by atomic mass is 9.95. The van der Waals surface area contributed by atoms with E-state index in [2.05, 4.69) is 10.6 Å². The van der Waals surface area contributed by atoms with Crippen molar-refractivity contribution in [2.75, 3.05) is 33.9 Å². The normalized spacial score (nSPS) is 15.6. The largest absolute Gasteiger partial charge is 0.493 e. The van der Waals surface area contributed by atoms with Crippen LogP contribution >= 0.6 is 0 Å². The van der Waals surface area contributed by atoms with Crippen molar-refractivity contribution >= 4 is 21.8 Å². The van der Waals surface area contributed by atoms with Crippen molar-refractivity contribution in [3.63, 3.8) is 0 Å². The van der Waals surface area contributed by atoms with Crippen LogP contribution in [0, 0.1) is 18.8 Å². The molecule has 0 aliphatic carbocycles. The second-order valence-electron chi connectivity index (χ2n) is 9.95. The van der Waals surface area contributed by atoms with Gasteiger partial charge in [-0.1, -0.05) is 37.6 Å². The van der Waals surface area contributed by atoms with Gasteiger partial charge >= 0.3 is 0 Å². The molecule has 2 amide bonds. The van der Waals surface area contributed by atoms with Crippen LogP contribution in [0.1, 0.15) is 37.8 Å². The second-order valence-corrected chi connectivity index (χ2v) is 11.9. The molecule has 0 unspecified atom stereocenters. The summed E-state index contributed by atoms with van der Waals surface area (Å²) >= 11 is 0. The Balaban J connectivity index is 1.52. The van der Waals surface area contributed by atoms with Gasteiger partial charge in [0, 0.05) is 25.6 Å². The van der Waals surface area contributed by atoms with E-state index in [1.807, 2.05) is 39.0 Å². The van der Waals surface area contributed by atoms with Gasteiger partial charge < -0.3 is 20.1 Å². The fourth-order valence-electron chi connectivity index (χ4n) is 4.50. The fraction of sp³-hybridized carbons (Fsp3) is 0.500. The Morgan fingerprint density at radius 2 is 1.63 bits per heavy atom. The molecule has 9 nitrogen and oxygen atoms in total. The van der Waals surface area contributed by atoms with Gasteiger partial charge in [0.05, 0.1) is 19.1 Å². The summed E-state index contributed by atoms with van der Waals surface area (Å²) in [4.78, 5) is 26.2. The van der Waals surface area contributed by atoms with Crippen LogP contribution in [0.5, 0.6) is 11.5 Å². The molecule has 38 heavy (non-hydrogen) atoms. The fourth-order valence-corrected chi connectivity index (χ4v) is 5.97. The number of carbonyl (C=O) groups is 2. The smallest absolute Gasteiger partial charge is 0.243 e. The average molecular weight is 546 g/mol. The summed E-state index contributed by atoms with van der Waals surface area (Å²) in [6.45, 7) is 6.60. The minimum atomic E-state index is -3.60. The van der Waals surface area contributed by atoms with Gasteiger partial charge in [-0.25, -0.2) is 8.42 Å². The van der Waals surface area contributed by atoms with Crippen LogP contribution in [0.25, 0.3) is 0 Å². The first kappa shape index (κ1) is 29.4. The van der Waals surface area contributed by atoms with Crippen LogP contribution in [0.4, 0.5) is 0 Å². The van der Waals surface area contributed by atoms with E-state index in [4.69, 9.17) is 9.47 Å². The lowest BCUT2D eigenvalue weighted by Crippen LogP contribution is -2.52. The number of piperidine rings is 1. The third-order valence-corrected chi connectivity index (χ3v) is 8.80. The highest BCUT2D eigenvalue weighted by molar-refractivity contribution is 7.89. The van der Waals surface area contributed by atoms with E-state index in [1.165, 1.54) is 4.31 Å². The first-order chi connectivity index (χ1) is 18.1. The van der Waals surface area contributed by atoms with Crippen LogP contribution in [0.3, 0.4) is 0 Å². The Bertz CT molecular complexity index is 1210. The standard InChI is InChI=1S/C28H39N3O6S/c1-19(2)26(28(33)29-15-12-21-8-11-24(36-4)25(18-21)37-5)30-27(32)22-13-16-31(17-14-22)38(34,35)23-9-6-20(3)7-10-23/h6-11,18-19,22,26H,12-17H2,1-5H3,(H,29,33)(H,30,32)/t26-/m0/s1. The summed E-state index contributed by atoms with van der Waals surface area (Å²) in [7, 11) is -0.443. The van der Waals surface area contributed by atoms with Gasteiger partial charge in [-0.15, -0.1) is 0 Å². The van der Waals surface area contributed by atoms with Crippen molar-refractivity contribution in [3.8, 4) is 11.5 Å². The minimum absolute atomic E-state index is 0.109. The van der Waals surface area contributed by atoms with E-state index in [0.29, 0.717) is 37.3 Å². The van der Waals surface area contributed by atoms with Gasteiger partial charge in [-0.05, 0) is 61.9 Å². The maximum absolute atomic E-state index is 13.0. The molecule has 2 aromatic rings. The lowest BCUT2D eigenvalue weighted by Gasteiger charge is -2.32. The molecule has 1 fully saturated rings. The highest BCUT2D eigenvalue weighted by atomic mass is 32.2. The monoisotopic (exact) mass is 545 g/mol. The highest BCUT2D eigenvalue weighted by Crippen LogP contribution is 2.28. The molecule has 0 bridgehead atoms. The van der Waals surface area contributed by atoms with Crippen molar-refractivity contribution in [1.82, 2.24) is 14.9 Å². The molecule has 1 aliphatic heterocycles. The number of methoxy groups -OCH3 is 2. The Kier molecular flexibility index (Phi) is 10.2. The summed E-state index contributed by atoms with van der Waals surface area (Å²) in [5.41, 5.74) is 1.98. The Morgan fingerprint density at radius 3 is 2.21 bits per heavy atom. The molecular formula is C28H39N3O6S. The van der Waals surface area contributed by atoms with E-state index in [1.54, 1.807) is 38.5 Å². The second kappa shape index (κ2) is 13.1. The molecule has 1 saturated heterocycles. The number of benzene rings is 2. The third kappa shape index (κ3) is 7.26. The molecule has 1 aliphatic rings. The maximum Gasteiger partial charge on any atom is 0.243 e. The van der Waals surface area contributed by atoms with Crippen molar-refractivity contribution in [2.45, 2.75) is 51.0 Å². The third-order valence-electron chi connectivity index (χ3n) is 6.89. The molecule has 0 aromatic heterocycles. The molecular weight excluding hydrogens is 506 g/mol. The quantitative estimate of drug-likeness (QED) is 0.449. The van der Waals surface area contributed by atoms with Crippen molar-refractivity contribution in [2.24, 2.45) is 11.8 Å². The predicted molar refractivity (Wildman–Crippen MR) is 146 cm³/mol. The number of carbonyl (C=O) groups excluding carboxylic acids is 2. The van der Waals surface area contributed by atoms with Crippen molar-refractivity contribution in [3.05, 3.63) is 53.6 Å². The van der Waals surface area contributed by atoms with Gasteiger partial charge in [0.15, 0.2) is 11.5 Å². The minimum Gasteiger partial charge on any atom is -0.493 e. The Labute approximate surface area is 225 Å². The van der Waals surface area contributed by atoms with Gasteiger partial charge in [-0.2, -0.15) is 4.31 Å². The van der Waals surface area contributed by atoms with Gasteiger partial charge in [-0.3, -0.25) is 9.59 Å². The van der Waals surface area contributed by atoms with E-state index in [9.17, 15) is 18.0 Å². The number of rotatable bonds is 11. The molecule has 2 aromatic carbocycles. The van der Waals surface area contributed by atoms with E-state index in [-0.39, 0.29) is 41.6 Å². The topological polar surface area (TPSA) is 114 Å². The number of nitrogens with one attached hydrogen (secondary N) is 2. The molecule has 1 heterocycles. The molecule has 1 atom stereocenters. The van der Waals surface area contributed by atoms with E-state index >= 15 is 0 Å². The molecule has 208 valence electrons. The molecule has 0 radical (unpaired) electrons. The average Bonchev–Trinajstić information content (AvgIpc) is 2.91. The molecule has 3 rings (SSSR count). The van der Waals surface area contributed by atoms with Crippen LogP contribution in [0.2, 0.25) is 0 Å². The maximum atomic E-state index is 13.0. The van der Waals surface area contributed by atoms with Crippen molar-refractivity contribution in [1.29, 1.82) is 0 Å². The van der Waals surface area contributed by atoms with Crippen LogP contribution in [-0.4, -0.2) is 64.4 Å². The van der Waals surface area contributed by atoms with E-state index < -0.39 is 16.1 Å². The summed E-state index contributed by atoms with van der Waals surface area (Å²) in [6, 6.07) is 11.7. The van der Waals surface area contributed by atoms with Crippen LogP contribution in [-0.2, 0) is 26.0 Å². The van der Waals surface area contributed by atoms with Crippen LogP contribution < -0.4 is 20.1 Å². The molecule has 2 N–H and O–H groups in total. The van der Waals surface area contributed by atoms with Crippen LogP contribution in [0.15, 0.2) is 47.4 Å². The summed E-state index contributed by atoms with van der Waals surface area (Å²) in [5, 5.41) is 5.83. The Morgan fingerprint density at radius 1 is 1.00 bits per heavy atom. The number of hydrogen-bond donors (Lipinski definition) is 2. The first-order valence-corrected chi connectivity index (χ1v) is 14.4. The Hall–Kier alpha value is -3.11. The van der Waals surface area contributed by atoms with Crippen molar-refractivity contribution < 1.29 is 27.5 Å². The summed E-state index contributed by atoms with van der Waals surface area (Å²) < 4.78 is 37.9. The SMILES string of the molecule is COc1ccc(CCNC(=O)[C@@H](NC(=O)C2CCN(S(=O)(=O)c3ccc(C)cc3)CC2)C(C)C)cc1OC. The highest BCUT2D eigenvalue weighted by Gasteiger charge is 2.34.